The molecule has 21 heavy (non-hydrogen) atoms. The molecule has 0 heterocycles. The van der Waals surface area contributed by atoms with Gasteiger partial charge in [-0.15, -0.1) is 0 Å². The normalized spacial score (nSPS) is 11.2. The molecule has 110 valence electrons. The Morgan fingerprint density at radius 2 is 1.90 bits per heavy atom. The van der Waals surface area contributed by atoms with Gasteiger partial charge in [-0.05, 0) is 53.2 Å². The van der Waals surface area contributed by atoms with Crippen LogP contribution in [0, 0.1) is 5.82 Å². The van der Waals surface area contributed by atoms with E-state index >= 15 is 0 Å². The van der Waals surface area contributed by atoms with Gasteiger partial charge in [-0.2, -0.15) is 0 Å². The molecule has 4 nitrogen and oxygen atoms in total. The number of hydrogen-bond acceptors (Lipinski definition) is 3. The third kappa shape index (κ3) is 3.68. The highest BCUT2D eigenvalue weighted by Crippen LogP contribution is 2.23. The highest BCUT2D eigenvalue weighted by molar-refractivity contribution is 9.10. The van der Waals surface area contributed by atoms with Crippen LogP contribution in [-0.2, 0) is 10.0 Å². The summed E-state index contributed by atoms with van der Waals surface area (Å²) in [6, 6.07) is 9.49. The smallest absolute Gasteiger partial charge is 0.261 e. The minimum atomic E-state index is -3.84. The molecule has 0 amide bonds. The van der Waals surface area contributed by atoms with Crippen LogP contribution in [0.5, 0.6) is 0 Å². The molecule has 0 aliphatic heterocycles. The molecule has 0 spiro atoms. The van der Waals surface area contributed by atoms with Gasteiger partial charge in [0.1, 0.15) is 5.82 Å². The van der Waals surface area contributed by atoms with Crippen molar-refractivity contribution in [2.75, 3.05) is 4.72 Å². The molecule has 1 N–H and O–H groups in total. The van der Waals surface area contributed by atoms with E-state index < -0.39 is 15.8 Å². The summed E-state index contributed by atoms with van der Waals surface area (Å²) in [7, 11) is -3.84. The summed E-state index contributed by atoms with van der Waals surface area (Å²) >= 11 is 2.99. The van der Waals surface area contributed by atoms with Gasteiger partial charge in [0.15, 0.2) is 5.78 Å². The van der Waals surface area contributed by atoms with Crippen LogP contribution in [0.1, 0.15) is 17.3 Å². The zero-order valence-electron chi connectivity index (χ0n) is 10.9. The molecule has 0 saturated carbocycles. The van der Waals surface area contributed by atoms with Gasteiger partial charge in [0.25, 0.3) is 10.0 Å². The van der Waals surface area contributed by atoms with E-state index in [9.17, 15) is 17.6 Å². The van der Waals surface area contributed by atoms with Crippen LogP contribution in [0.4, 0.5) is 10.1 Å². The highest BCUT2D eigenvalue weighted by atomic mass is 79.9. The van der Waals surface area contributed by atoms with Crippen LogP contribution in [0.25, 0.3) is 0 Å². The first-order valence-corrected chi connectivity index (χ1v) is 8.16. The second kappa shape index (κ2) is 5.95. The first-order valence-electron chi connectivity index (χ1n) is 5.88. The topological polar surface area (TPSA) is 63.2 Å². The number of anilines is 1. The minimum Gasteiger partial charge on any atom is -0.295 e. The van der Waals surface area contributed by atoms with E-state index in [0.29, 0.717) is 5.56 Å². The Bertz CT molecular complexity index is 806. The number of sulfonamides is 1. The third-order valence-corrected chi connectivity index (χ3v) is 4.71. The summed E-state index contributed by atoms with van der Waals surface area (Å²) in [5, 5.41) is 0. The fraction of sp³-hybridized carbons (Fsp3) is 0.0714. The lowest BCUT2D eigenvalue weighted by molar-refractivity contribution is 0.101. The van der Waals surface area contributed by atoms with Gasteiger partial charge in [0.05, 0.1) is 15.1 Å². The first kappa shape index (κ1) is 15.7. The maximum atomic E-state index is 13.1. The maximum Gasteiger partial charge on any atom is 0.261 e. The fourth-order valence-corrected chi connectivity index (χ4v) is 3.13. The van der Waals surface area contributed by atoms with Gasteiger partial charge < -0.3 is 0 Å². The Morgan fingerprint density at radius 3 is 2.52 bits per heavy atom. The second-order valence-electron chi connectivity index (χ2n) is 4.32. The molecule has 2 aromatic carbocycles. The van der Waals surface area contributed by atoms with E-state index in [2.05, 4.69) is 20.7 Å². The number of ketones is 1. The van der Waals surface area contributed by atoms with Crippen LogP contribution < -0.4 is 4.72 Å². The highest BCUT2D eigenvalue weighted by Gasteiger charge is 2.16. The summed E-state index contributed by atoms with van der Waals surface area (Å²) in [4.78, 5) is 11.3. The maximum absolute atomic E-state index is 13.1. The van der Waals surface area contributed by atoms with E-state index in [-0.39, 0.29) is 20.8 Å². The molecule has 0 fully saturated rings. The lowest BCUT2D eigenvalue weighted by Gasteiger charge is -2.09. The summed E-state index contributed by atoms with van der Waals surface area (Å²) in [6.45, 7) is 1.36. The van der Waals surface area contributed by atoms with Crippen molar-refractivity contribution in [2.45, 2.75) is 11.8 Å². The number of carbonyl (C=O) groups is 1. The van der Waals surface area contributed by atoms with Crippen molar-refractivity contribution in [3.05, 3.63) is 58.3 Å². The van der Waals surface area contributed by atoms with Crippen molar-refractivity contribution in [1.29, 1.82) is 0 Å². The molecule has 0 aliphatic carbocycles. The quantitative estimate of drug-likeness (QED) is 0.835. The van der Waals surface area contributed by atoms with Crippen LogP contribution >= 0.6 is 15.9 Å². The Hall–Kier alpha value is -1.73. The lowest BCUT2D eigenvalue weighted by atomic mass is 10.2. The number of rotatable bonds is 4. The molecule has 0 aliphatic rings. The van der Waals surface area contributed by atoms with Gasteiger partial charge in [-0.1, -0.05) is 12.1 Å². The van der Waals surface area contributed by atoms with E-state index in [1.54, 1.807) is 0 Å². The van der Waals surface area contributed by atoms with E-state index in [1.807, 2.05) is 0 Å². The average molecular weight is 372 g/mol. The van der Waals surface area contributed by atoms with Crippen LogP contribution in [0.15, 0.2) is 51.8 Å². The van der Waals surface area contributed by atoms with Crippen molar-refractivity contribution in [3.63, 3.8) is 0 Å². The predicted molar refractivity (Wildman–Crippen MR) is 81.4 cm³/mol. The average Bonchev–Trinajstić information content (AvgIpc) is 2.43. The summed E-state index contributed by atoms with van der Waals surface area (Å²) in [6.07, 6.45) is 0. The van der Waals surface area contributed by atoms with Crippen molar-refractivity contribution >= 4 is 37.4 Å². The van der Waals surface area contributed by atoms with Crippen LogP contribution in [0.2, 0.25) is 0 Å². The Morgan fingerprint density at radius 1 is 1.19 bits per heavy atom. The van der Waals surface area contributed by atoms with E-state index in [0.717, 1.165) is 6.07 Å². The number of benzene rings is 2. The number of carbonyl (C=O) groups excluding carboxylic acids is 1. The minimum absolute atomic E-state index is 0.0318. The molecular formula is C14H11BrFNO3S. The molecule has 0 atom stereocenters. The summed E-state index contributed by atoms with van der Waals surface area (Å²) < 4.78 is 40.1. The number of halogens is 2. The predicted octanol–water partition coefficient (Wildman–Crippen LogP) is 3.59. The molecule has 0 aromatic heterocycles. The van der Waals surface area contributed by atoms with E-state index in [4.69, 9.17) is 0 Å². The van der Waals surface area contributed by atoms with Gasteiger partial charge in [-0.3, -0.25) is 9.52 Å². The standard InChI is InChI=1S/C14H11BrFNO3S/c1-9(18)10-3-2-4-12(7-10)21(19,20)17-11-5-6-14(16)13(15)8-11/h2-8,17H,1H3. The number of hydrogen-bond donors (Lipinski definition) is 1. The monoisotopic (exact) mass is 371 g/mol. The van der Waals surface area contributed by atoms with Gasteiger partial charge in [0, 0.05) is 5.56 Å². The lowest BCUT2D eigenvalue weighted by Crippen LogP contribution is -2.13. The molecular weight excluding hydrogens is 361 g/mol. The number of Topliss-reactive ketones (excluding diaryl/α,β-unsaturated/α-hetero) is 1. The van der Waals surface area contributed by atoms with Gasteiger partial charge >= 0.3 is 0 Å². The molecule has 0 radical (unpaired) electrons. The van der Waals surface area contributed by atoms with Crippen LogP contribution in [-0.4, -0.2) is 14.2 Å². The Labute approximate surface area is 130 Å². The zero-order chi connectivity index (χ0) is 15.6. The van der Waals surface area contributed by atoms with Crippen molar-refractivity contribution in [1.82, 2.24) is 0 Å². The Kier molecular flexibility index (Phi) is 4.43. The van der Waals surface area contributed by atoms with Crippen molar-refractivity contribution < 1.29 is 17.6 Å². The molecule has 0 saturated heterocycles. The summed E-state index contributed by atoms with van der Waals surface area (Å²) in [5.74, 6) is -0.715. The third-order valence-electron chi connectivity index (χ3n) is 2.72. The van der Waals surface area contributed by atoms with E-state index in [1.165, 1.54) is 43.3 Å². The van der Waals surface area contributed by atoms with Crippen LogP contribution in [0.3, 0.4) is 0 Å². The summed E-state index contributed by atoms with van der Waals surface area (Å²) in [5.41, 5.74) is 0.523. The molecule has 0 unspecified atom stereocenters. The zero-order valence-corrected chi connectivity index (χ0v) is 13.3. The van der Waals surface area contributed by atoms with Gasteiger partial charge in [-0.25, -0.2) is 12.8 Å². The molecule has 2 aromatic rings. The second-order valence-corrected chi connectivity index (χ2v) is 6.86. The van der Waals surface area contributed by atoms with Crippen molar-refractivity contribution in [3.8, 4) is 0 Å². The fourth-order valence-electron chi connectivity index (χ4n) is 1.66. The largest absolute Gasteiger partial charge is 0.295 e. The molecule has 0 bridgehead atoms. The SMILES string of the molecule is CC(=O)c1cccc(S(=O)(=O)Nc2ccc(F)c(Br)c2)c1. The Balaban J connectivity index is 2.36. The first-order chi connectivity index (χ1) is 9.79. The van der Waals surface area contributed by atoms with Crippen molar-refractivity contribution in [2.24, 2.45) is 0 Å². The molecule has 2 rings (SSSR count). The number of nitrogens with one attached hydrogen (secondary N) is 1. The molecule has 7 heteroatoms. The van der Waals surface area contributed by atoms with Gasteiger partial charge in [0.2, 0.25) is 0 Å².